The number of rotatable bonds is 1. The van der Waals surface area contributed by atoms with Crippen molar-refractivity contribution in [2.24, 2.45) is 0 Å². The second kappa shape index (κ2) is 9.65. The normalized spacial score (nSPS) is 14.8. The first-order valence-corrected chi connectivity index (χ1v) is 4.79. The zero-order valence-electron chi connectivity index (χ0n) is 9.13. The van der Waals surface area contributed by atoms with Gasteiger partial charge in [-0.1, -0.05) is 0 Å². The van der Waals surface area contributed by atoms with Crippen LogP contribution in [0.15, 0.2) is 12.4 Å². The molecule has 0 atom stereocenters. The Morgan fingerprint density at radius 1 is 1.06 bits per heavy atom. The summed E-state index contributed by atoms with van der Waals surface area (Å²) in [6, 6.07) is 0. The molecule has 1 saturated heterocycles. The van der Waals surface area contributed by atoms with E-state index in [1.165, 1.54) is 12.4 Å². The number of halogens is 4. The first-order chi connectivity index (χ1) is 6.86. The van der Waals surface area contributed by atoms with Crippen LogP contribution in [-0.2, 0) is 0 Å². The van der Waals surface area contributed by atoms with Gasteiger partial charge in [-0.05, 0) is 13.0 Å². The summed E-state index contributed by atoms with van der Waals surface area (Å²) in [7, 11) is 0. The molecule has 0 spiro atoms. The number of anilines is 1. The van der Waals surface area contributed by atoms with Crippen molar-refractivity contribution in [2.45, 2.75) is 6.42 Å². The topological polar surface area (TPSA) is 41.1 Å². The molecule has 8 heteroatoms. The smallest absolute Gasteiger partial charge is 0.225 e. The van der Waals surface area contributed by atoms with Crippen LogP contribution in [0.2, 0.25) is 0 Å². The largest absolute Gasteiger partial charge is 0.340 e. The Hall–Kier alpha value is -0.360. The van der Waals surface area contributed by atoms with Crippen molar-refractivity contribution in [1.29, 1.82) is 0 Å². The molecule has 0 saturated carbocycles. The van der Waals surface area contributed by atoms with E-state index in [9.17, 15) is 4.39 Å². The van der Waals surface area contributed by atoms with Crippen LogP contribution in [0.4, 0.5) is 10.3 Å². The molecule has 0 bridgehead atoms. The van der Waals surface area contributed by atoms with Gasteiger partial charge in [0.25, 0.3) is 0 Å². The summed E-state index contributed by atoms with van der Waals surface area (Å²) >= 11 is 0. The molecule has 0 aliphatic carbocycles. The summed E-state index contributed by atoms with van der Waals surface area (Å²) in [6.45, 7) is 3.77. The molecular formula is C9H16Cl3FN4. The highest BCUT2D eigenvalue weighted by molar-refractivity contribution is 5.86. The molecule has 1 aromatic rings. The van der Waals surface area contributed by atoms with Crippen molar-refractivity contribution in [3.8, 4) is 0 Å². The van der Waals surface area contributed by atoms with Crippen LogP contribution >= 0.6 is 37.2 Å². The van der Waals surface area contributed by atoms with Crippen molar-refractivity contribution in [3.63, 3.8) is 0 Å². The second-order valence-electron chi connectivity index (χ2n) is 3.29. The van der Waals surface area contributed by atoms with Gasteiger partial charge in [0.05, 0.1) is 12.4 Å². The maximum absolute atomic E-state index is 12.6. The molecule has 1 fully saturated rings. The lowest BCUT2D eigenvalue weighted by Gasteiger charge is -2.18. The number of aromatic nitrogens is 2. The Balaban J connectivity index is 0. The first kappa shape index (κ1) is 19.0. The van der Waals surface area contributed by atoms with Gasteiger partial charge < -0.3 is 10.2 Å². The number of hydrogen-bond donors (Lipinski definition) is 1. The maximum atomic E-state index is 12.6. The van der Waals surface area contributed by atoms with Crippen molar-refractivity contribution >= 4 is 43.2 Å². The van der Waals surface area contributed by atoms with Crippen LogP contribution in [0.5, 0.6) is 0 Å². The van der Waals surface area contributed by atoms with Crippen molar-refractivity contribution in [2.75, 3.05) is 31.1 Å². The molecular weight excluding hydrogens is 289 g/mol. The average molecular weight is 306 g/mol. The van der Waals surface area contributed by atoms with E-state index in [0.717, 1.165) is 32.6 Å². The van der Waals surface area contributed by atoms with Crippen molar-refractivity contribution in [1.82, 2.24) is 15.3 Å². The Morgan fingerprint density at radius 2 is 1.71 bits per heavy atom. The SMILES string of the molecule is Cl.Cl.Cl.Fc1cnc(N2CCCNCC2)nc1. The molecule has 2 rings (SSSR count). The van der Waals surface area contributed by atoms with Crippen LogP contribution in [0, 0.1) is 5.82 Å². The maximum Gasteiger partial charge on any atom is 0.225 e. The molecule has 1 aliphatic heterocycles. The average Bonchev–Trinajstić information content (AvgIpc) is 2.47. The van der Waals surface area contributed by atoms with E-state index < -0.39 is 0 Å². The van der Waals surface area contributed by atoms with Gasteiger partial charge in [0.2, 0.25) is 5.95 Å². The fourth-order valence-electron chi connectivity index (χ4n) is 1.51. The summed E-state index contributed by atoms with van der Waals surface area (Å²) < 4.78 is 12.6. The molecule has 1 N–H and O–H groups in total. The lowest BCUT2D eigenvalue weighted by atomic mass is 10.4. The van der Waals surface area contributed by atoms with Crippen LogP contribution in [0.25, 0.3) is 0 Å². The Kier molecular flexibility index (Phi) is 10.8. The number of hydrogen-bond acceptors (Lipinski definition) is 4. The fraction of sp³-hybridized carbons (Fsp3) is 0.556. The van der Waals surface area contributed by atoms with Crippen molar-refractivity contribution < 1.29 is 4.39 Å². The highest BCUT2D eigenvalue weighted by atomic mass is 35.5. The van der Waals surface area contributed by atoms with Crippen molar-refractivity contribution in [3.05, 3.63) is 18.2 Å². The third kappa shape index (κ3) is 5.68. The summed E-state index contributed by atoms with van der Waals surface area (Å²) in [5.41, 5.74) is 0. The molecule has 0 amide bonds. The Bertz CT molecular complexity index is 291. The van der Waals surface area contributed by atoms with Crippen LogP contribution in [0.3, 0.4) is 0 Å². The lowest BCUT2D eigenvalue weighted by molar-refractivity contribution is 0.611. The summed E-state index contributed by atoms with van der Waals surface area (Å²) in [4.78, 5) is 9.98. The van der Waals surface area contributed by atoms with E-state index in [1.807, 2.05) is 0 Å². The molecule has 17 heavy (non-hydrogen) atoms. The Labute approximate surface area is 119 Å². The van der Waals surface area contributed by atoms with Gasteiger partial charge in [0.1, 0.15) is 0 Å². The summed E-state index contributed by atoms with van der Waals surface area (Å²) in [5.74, 6) is 0.233. The van der Waals surface area contributed by atoms with Gasteiger partial charge in [0.15, 0.2) is 5.82 Å². The van der Waals surface area contributed by atoms with Gasteiger partial charge in [0, 0.05) is 19.6 Å². The van der Waals surface area contributed by atoms with Crippen LogP contribution in [-0.4, -0.2) is 36.1 Å². The predicted octanol–water partition coefficient (Wildman–Crippen LogP) is 1.68. The number of nitrogens with one attached hydrogen (secondary N) is 1. The van der Waals surface area contributed by atoms with Gasteiger partial charge >= 0.3 is 0 Å². The van der Waals surface area contributed by atoms with E-state index in [-0.39, 0.29) is 43.0 Å². The minimum Gasteiger partial charge on any atom is -0.340 e. The summed E-state index contributed by atoms with van der Waals surface area (Å²) in [6.07, 6.45) is 3.49. The highest BCUT2D eigenvalue weighted by Gasteiger charge is 2.11. The van der Waals surface area contributed by atoms with E-state index >= 15 is 0 Å². The third-order valence-electron chi connectivity index (χ3n) is 2.23. The quantitative estimate of drug-likeness (QED) is 0.857. The highest BCUT2D eigenvalue weighted by Crippen LogP contribution is 2.07. The predicted molar refractivity (Wildman–Crippen MR) is 73.4 cm³/mol. The monoisotopic (exact) mass is 304 g/mol. The molecule has 2 heterocycles. The Morgan fingerprint density at radius 3 is 2.35 bits per heavy atom. The second-order valence-corrected chi connectivity index (χ2v) is 3.29. The molecule has 0 unspecified atom stereocenters. The fourth-order valence-corrected chi connectivity index (χ4v) is 1.51. The van der Waals surface area contributed by atoms with E-state index in [2.05, 4.69) is 20.2 Å². The van der Waals surface area contributed by atoms with E-state index in [1.54, 1.807) is 0 Å². The number of nitrogens with zero attached hydrogens (tertiary/aromatic N) is 3. The first-order valence-electron chi connectivity index (χ1n) is 4.79. The summed E-state index contributed by atoms with van der Waals surface area (Å²) in [5, 5.41) is 3.29. The molecule has 4 nitrogen and oxygen atoms in total. The molecule has 100 valence electrons. The van der Waals surface area contributed by atoms with Gasteiger partial charge in [-0.25, -0.2) is 14.4 Å². The molecule has 0 aromatic carbocycles. The molecule has 1 aliphatic rings. The van der Waals surface area contributed by atoms with Gasteiger partial charge in [-0.3, -0.25) is 0 Å². The zero-order chi connectivity index (χ0) is 9.80. The minimum absolute atomic E-state index is 0. The lowest BCUT2D eigenvalue weighted by Crippen LogP contribution is -2.29. The third-order valence-corrected chi connectivity index (χ3v) is 2.23. The van der Waals surface area contributed by atoms with Gasteiger partial charge in [-0.2, -0.15) is 0 Å². The van der Waals surface area contributed by atoms with E-state index in [4.69, 9.17) is 0 Å². The van der Waals surface area contributed by atoms with Gasteiger partial charge in [-0.15, -0.1) is 37.2 Å². The standard InChI is InChI=1S/C9H13FN4.3ClH/c10-8-6-12-9(13-7-8)14-4-1-2-11-3-5-14;;;/h6-7,11H,1-5H2;3*1H. The van der Waals surface area contributed by atoms with Crippen LogP contribution < -0.4 is 10.2 Å². The molecule has 0 radical (unpaired) electrons. The van der Waals surface area contributed by atoms with E-state index in [0.29, 0.717) is 5.95 Å². The van der Waals surface area contributed by atoms with Crippen LogP contribution in [0.1, 0.15) is 6.42 Å². The minimum atomic E-state index is -0.387. The zero-order valence-corrected chi connectivity index (χ0v) is 11.6. The molecule has 1 aromatic heterocycles.